The number of hydrogen-bond acceptors (Lipinski definition) is 7. The van der Waals surface area contributed by atoms with Gasteiger partial charge in [0.25, 0.3) is 0 Å². The van der Waals surface area contributed by atoms with Crippen molar-refractivity contribution in [3.05, 3.63) is 64.3 Å². The number of alkyl halides is 1. The Balaban J connectivity index is 1.37. The Morgan fingerprint density at radius 2 is 1.95 bits per heavy atom. The summed E-state index contributed by atoms with van der Waals surface area (Å²) in [5.41, 5.74) is 2.24. The molecule has 1 unspecified atom stereocenters. The highest BCUT2D eigenvalue weighted by molar-refractivity contribution is 6.42. The maximum atomic E-state index is 14.2. The molecule has 0 radical (unpaired) electrons. The van der Waals surface area contributed by atoms with E-state index in [1.54, 1.807) is 56.7 Å². The number of nitrogens with one attached hydrogen (secondary N) is 1. The van der Waals surface area contributed by atoms with Gasteiger partial charge in [-0.15, -0.1) is 0 Å². The van der Waals surface area contributed by atoms with Crippen molar-refractivity contribution in [2.24, 2.45) is 0 Å². The lowest BCUT2D eigenvalue weighted by Crippen LogP contribution is -2.34. The molecule has 2 aromatic carbocycles. The third-order valence-corrected chi connectivity index (χ3v) is 7.43. The monoisotopic (exact) mass is 631 g/mol. The van der Waals surface area contributed by atoms with Crippen molar-refractivity contribution in [3.63, 3.8) is 0 Å². The molecule has 1 amide bonds. The minimum Gasteiger partial charge on any atom is -0.492 e. The lowest BCUT2D eigenvalue weighted by Gasteiger charge is -2.19. The number of ether oxygens (including phenoxy) is 3. The number of hydrogen-bond donors (Lipinski definition) is 1. The van der Waals surface area contributed by atoms with Gasteiger partial charge in [0, 0.05) is 29.3 Å². The van der Waals surface area contributed by atoms with Crippen molar-refractivity contribution in [2.75, 3.05) is 19.8 Å². The molecule has 0 aliphatic carbocycles. The number of nitrogens with zero attached hydrogens (tertiary/aromatic N) is 4. The van der Waals surface area contributed by atoms with Gasteiger partial charge in [0.2, 0.25) is 0 Å². The van der Waals surface area contributed by atoms with Gasteiger partial charge in [-0.2, -0.15) is 5.10 Å². The summed E-state index contributed by atoms with van der Waals surface area (Å²) in [4.78, 5) is 29.3. The van der Waals surface area contributed by atoms with E-state index in [4.69, 9.17) is 37.4 Å². The summed E-state index contributed by atoms with van der Waals surface area (Å²) in [6, 6.07) is 7.93. The van der Waals surface area contributed by atoms with E-state index in [-0.39, 0.29) is 32.7 Å². The molecule has 0 fully saturated rings. The molecule has 3 heterocycles. The molecule has 4 aromatic rings. The Hall–Kier alpha value is -3.83. The standard InChI is InChI=1S/C30H32Cl2FN5O5/c1-5-41-28(39)27(26-23-12-18(33)14-37(23)16-35-26)38-15-21-22(31)13-20(24(32)25(21)36-38)17-6-8-19(9-7-17)42-11-10-34-29(40)43-30(2,3)4/h6-9,13,15-16,18,27H,5,10-12,14H2,1-4H3,(H,34,40)/t18-,27?/m1/s1. The Bertz CT molecular complexity index is 1650. The van der Waals surface area contributed by atoms with Crippen LogP contribution >= 0.6 is 23.2 Å². The van der Waals surface area contributed by atoms with Gasteiger partial charge in [0.05, 0.1) is 41.8 Å². The quantitative estimate of drug-likeness (QED) is 0.174. The summed E-state index contributed by atoms with van der Waals surface area (Å²) in [5, 5.41) is 8.57. The largest absolute Gasteiger partial charge is 0.492 e. The maximum absolute atomic E-state index is 14.2. The highest BCUT2D eigenvalue weighted by atomic mass is 35.5. The van der Waals surface area contributed by atoms with Gasteiger partial charge in [-0.3, -0.25) is 4.68 Å². The van der Waals surface area contributed by atoms with E-state index in [0.717, 1.165) is 5.56 Å². The highest BCUT2D eigenvalue weighted by Crippen LogP contribution is 2.39. The minimum atomic E-state index is -1.05. The molecule has 0 saturated carbocycles. The van der Waals surface area contributed by atoms with Crippen LogP contribution in [-0.2, 0) is 27.2 Å². The van der Waals surface area contributed by atoms with Crippen molar-refractivity contribution in [2.45, 2.75) is 58.5 Å². The first-order valence-corrected chi connectivity index (χ1v) is 14.6. The van der Waals surface area contributed by atoms with Crippen LogP contribution in [0.1, 0.15) is 45.1 Å². The summed E-state index contributed by atoms with van der Waals surface area (Å²) in [5.74, 6) is 0.0335. The summed E-state index contributed by atoms with van der Waals surface area (Å²) in [6.45, 7) is 7.97. The second-order valence-corrected chi connectivity index (χ2v) is 11.9. The Labute approximate surface area is 258 Å². The molecule has 1 aliphatic heterocycles. The number of amides is 1. The first-order valence-electron chi connectivity index (χ1n) is 13.9. The maximum Gasteiger partial charge on any atom is 0.407 e. The molecular weight excluding hydrogens is 600 g/mol. The smallest absolute Gasteiger partial charge is 0.407 e. The zero-order valence-electron chi connectivity index (χ0n) is 24.2. The fraction of sp³-hybridized carbons (Fsp3) is 0.400. The fourth-order valence-electron chi connectivity index (χ4n) is 4.92. The van der Waals surface area contributed by atoms with Crippen LogP contribution in [0.3, 0.4) is 0 Å². The van der Waals surface area contributed by atoms with Crippen molar-refractivity contribution < 1.29 is 28.2 Å². The van der Waals surface area contributed by atoms with E-state index in [1.807, 2.05) is 12.1 Å². The van der Waals surface area contributed by atoms with Gasteiger partial charge in [-0.1, -0.05) is 35.3 Å². The summed E-state index contributed by atoms with van der Waals surface area (Å²) >= 11 is 13.6. The number of rotatable bonds is 9. The molecule has 228 valence electrons. The fourth-order valence-corrected chi connectivity index (χ4v) is 5.47. The first-order chi connectivity index (χ1) is 20.4. The number of aromatic nitrogens is 4. The zero-order chi connectivity index (χ0) is 30.9. The molecule has 43 heavy (non-hydrogen) atoms. The van der Waals surface area contributed by atoms with Gasteiger partial charge in [-0.25, -0.2) is 19.0 Å². The van der Waals surface area contributed by atoms with Crippen LogP contribution in [0.5, 0.6) is 5.75 Å². The second kappa shape index (κ2) is 12.4. The molecule has 2 aromatic heterocycles. The number of benzene rings is 2. The topological polar surface area (TPSA) is 110 Å². The van der Waals surface area contributed by atoms with E-state index in [1.165, 1.54) is 11.0 Å². The number of halogens is 3. The van der Waals surface area contributed by atoms with Gasteiger partial charge < -0.3 is 24.1 Å². The number of alkyl carbamates (subject to hydrolysis) is 1. The predicted molar refractivity (Wildman–Crippen MR) is 161 cm³/mol. The summed E-state index contributed by atoms with van der Waals surface area (Å²) in [6.07, 6.45) is 1.76. The van der Waals surface area contributed by atoms with Gasteiger partial charge >= 0.3 is 12.1 Å². The second-order valence-electron chi connectivity index (χ2n) is 11.1. The molecule has 0 spiro atoms. The molecule has 13 heteroatoms. The molecule has 1 N–H and O–H groups in total. The molecule has 5 rings (SSSR count). The van der Waals surface area contributed by atoms with Crippen LogP contribution in [-0.4, -0.2) is 62.9 Å². The van der Waals surface area contributed by atoms with Crippen LogP contribution in [0, 0.1) is 0 Å². The van der Waals surface area contributed by atoms with E-state index in [9.17, 15) is 14.0 Å². The zero-order valence-corrected chi connectivity index (χ0v) is 25.7. The Morgan fingerprint density at radius 3 is 2.65 bits per heavy atom. The van der Waals surface area contributed by atoms with Crippen LogP contribution < -0.4 is 10.1 Å². The normalized spacial score (nSPS) is 15.3. The van der Waals surface area contributed by atoms with Crippen molar-refractivity contribution in [1.29, 1.82) is 0 Å². The third kappa shape index (κ3) is 6.73. The van der Waals surface area contributed by atoms with Gasteiger partial charge in [0.15, 0.2) is 6.04 Å². The molecular formula is C30H32Cl2FN5O5. The molecule has 1 aliphatic rings. The van der Waals surface area contributed by atoms with E-state index in [0.29, 0.717) is 43.6 Å². The van der Waals surface area contributed by atoms with E-state index < -0.39 is 29.9 Å². The summed E-state index contributed by atoms with van der Waals surface area (Å²) in [7, 11) is 0. The van der Waals surface area contributed by atoms with E-state index >= 15 is 0 Å². The lowest BCUT2D eigenvalue weighted by molar-refractivity contribution is -0.146. The number of carbonyl (C=O) groups excluding carboxylic acids is 2. The number of esters is 1. The third-order valence-electron chi connectivity index (χ3n) is 6.73. The predicted octanol–water partition coefficient (Wildman–Crippen LogP) is 6.16. The molecule has 0 bridgehead atoms. The van der Waals surface area contributed by atoms with Crippen LogP contribution in [0.15, 0.2) is 42.9 Å². The first kappa shape index (κ1) is 30.6. The SMILES string of the molecule is CCOC(=O)C(c1ncn2c1C[C@@H](F)C2)n1cc2c(Cl)cc(-c3ccc(OCCNC(=O)OC(C)(C)C)cc3)c(Cl)c2n1. The average Bonchev–Trinajstić information content (AvgIpc) is 3.64. The summed E-state index contributed by atoms with van der Waals surface area (Å²) < 4.78 is 33.6. The van der Waals surface area contributed by atoms with Crippen molar-refractivity contribution >= 4 is 46.2 Å². The Kier molecular flexibility index (Phi) is 8.84. The number of carbonyl (C=O) groups is 2. The van der Waals surface area contributed by atoms with Crippen LogP contribution in [0.4, 0.5) is 9.18 Å². The van der Waals surface area contributed by atoms with E-state index in [2.05, 4.69) is 15.4 Å². The molecule has 0 saturated heterocycles. The average molecular weight is 633 g/mol. The molecule has 10 nitrogen and oxygen atoms in total. The highest BCUT2D eigenvalue weighted by Gasteiger charge is 2.35. The van der Waals surface area contributed by atoms with Gasteiger partial charge in [0.1, 0.15) is 29.6 Å². The van der Waals surface area contributed by atoms with Gasteiger partial charge in [-0.05, 0) is 51.5 Å². The minimum absolute atomic E-state index is 0.150. The lowest BCUT2D eigenvalue weighted by atomic mass is 10.0. The number of fused-ring (bicyclic) bond motifs is 2. The Morgan fingerprint density at radius 1 is 1.21 bits per heavy atom. The van der Waals surface area contributed by atoms with Crippen LogP contribution in [0.25, 0.3) is 22.0 Å². The van der Waals surface area contributed by atoms with Crippen molar-refractivity contribution in [3.8, 4) is 16.9 Å². The van der Waals surface area contributed by atoms with Crippen LogP contribution in [0.2, 0.25) is 10.0 Å². The number of imidazole rings is 1. The molecule has 2 atom stereocenters. The van der Waals surface area contributed by atoms with Crippen molar-refractivity contribution in [1.82, 2.24) is 24.6 Å².